The minimum atomic E-state index is -1.43. The van der Waals surface area contributed by atoms with Crippen molar-refractivity contribution in [2.24, 2.45) is 0 Å². The maximum Gasteiger partial charge on any atom is 0.326 e. The van der Waals surface area contributed by atoms with Crippen LogP contribution in [-0.2, 0) is 19.9 Å². The molecule has 140 valence electrons. The summed E-state index contributed by atoms with van der Waals surface area (Å²) in [6, 6.07) is 3.21. The molecule has 1 aliphatic heterocycles. The molecular formula is C17H20FN3O5. The molecule has 8 nitrogen and oxygen atoms in total. The van der Waals surface area contributed by atoms with Crippen LogP contribution in [-0.4, -0.2) is 46.4 Å². The van der Waals surface area contributed by atoms with Crippen molar-refractivity contribution in [1.29, 1.82) is 0 Å². The number of rotatable bonds is 7. The molecule has 2 rings (SSSR count). The number of halogens is 1. The van der Waals surface area contributed by atoms with Gasteiger partial charge in [0.2, 0.25) is 5.91 Å². The smallest absolute Gasteiger partial charge is 0.326 e. The van der Waals surface area contributed by atoms with Gasteiger partial charge in [0, 0.05) is 0 Å². The number of nitrogens with one attached hydrogen (secondary N) is 2. The van der Waals surface area contributed by atoms with Gasteiger partial charge in [0.1, 0.15) is 23.9 Å². The largest absolute Gasteiger partial charge is 0.480 e. The summed E-state index contributed by atoms with van der Waals surface area (Å²) >= 11 is 0. The van der Waals surface area contributed by atoms with E-state index in [0.29, 0.717) is 16.9 Å². The Balaban J connectivity index is 2.12. The van der Waals surface area contributed by atoms with Gasteiger partial charge in [-0.2, -0.15) is 0 Å². The van der Waals surface area contributed by atoms with E-state index < -0.39 is 47.8 Å². The first-order chi connectivity index (χ1) is 12.2. The summed E-state index contributed by atoms with van der Waals surface area (Å²) in [6.45, 7) is 2.62. The van der Waals surface area contributed by atoms with Gasteiger partial charge >= 0.3 is 12.0 Å². The highest BCUT2D eigenvalue weighted by Gasteiger charge is 2.49. The van der Waals surface area contributed by atoms with Crippen LogP contribution in [0.4, 0.5) is 9.18 Å². The molecule has 9 heteroatoms. The summed E-state index contributed by atoms with van der Waals surface area (Å²) in [5, 5.41) is 13.9. The molecule has 1 heterocycles. The quantitative estimate of drug-likeness (QED) is 0.623. The van der Waals surface area contributed by atoms with Gasteiger partial charge in [-0.3, -0.25) is 14.5 Å². The number of carboxylic acid groups (broad SMARTS) is 1. The molecule has 26 heavy (non-hydrogen) atoms. The first-order valence-corrected chi connectivity index (χ1v) is 8.11. The zero-order valence-electron chi connectivity index (χ0n) is 14.4. The second-order valence-corrected chi connectivity index (χ2v) is 6.20. The molecule has 1 aromatic carbocycles. The van der Waals surface area contributed by atoms with Crippen molar-refractivity contribution in [1.82, 2.24) is 15.5 Å². The Bertz CT molecular complexity index is 736. The van der Waals surface area contributed by atoms with Crippen LogP contribution in [0.5, 0.6) is 0 Å². The number of imide groups is 1. The lowest BCUT2D eigenvalue weighted by Crippen LogP contribution is -2.47. The van der Waals surface area contributed by atoms with Gasteiger partial charge in [-0.25, -0.2) is 14.0 Å². The number of amides is 4. The van der Waals surface area contributed by atoms with E-state index in [0.717, 1.165) is 12.1 Å². The Hall–Kier alpha value is -2.97. The molecule has 0 radical (unpaired) electrons. The van der Waals surface area contributed by atoms with E-state index in [9.17, 15) is 23.6 Å². The van der Waals surface area contributed by atoms with Crippen molar-refractivity contribution < 1.29 is 28.7 Å². The molecule has 0 aromatic heterocycles. The summed E-state index contributed by atoms with van der Waals surface area (Å²) in [4.78, 5) is 48.7. The van der Waals surface area contributed by atoms with Crippen LogP contribution in [0, 0.1) is 5.82 Å². The fourth-order valence-electron chi connectivity index (χ4n) is 2.75. The summed E-state index contributed by atoms with van der Waals surface area (Å²) in [7, 11) is 0. The fourth-order valence-corrected chi connectivity index (χ4v) is 2.75. The van der Waals surface area contributed by atoms with Gasteiger partial charge in [-0.1, -0.05) is 25.5 Å². The average Bonchev–Trinajstić information content (AvgIpc) is 2.79. The molecule has 2 atom stereocenters. The molecule has 1 saturated heterocycles. The van der Waals surface area contributed by atoms with E-state index >= 15 is 0 Å². The van der Waals surface area contributed by atoms with E-state index in [1.807, 2.05) is 0 Å². The number of benzene rings is 1. The lowest BCUT2D eigenvalue weighted by molar-refractivity contribution is -0.142. The zero-order valence-corrected chi connectivity index (χ0v) is 14.4. The molecule has 0 saturated carbocycles. The normalized spacial score (nSPS) is 20.7. The Morgan fingerprint density at radius 1 is 1.31 bits per heavy atom. The predicted molar refractivity (Wildman–Crippen MR) is 88.5 cm³/mol. The van der Waals surface area contributed by atoms with Crippen molar-refractivity contribution in [3.05, 3.63) is 35.6 Å². The second kappa shape index (κ2) is 7.51. The van der Waals surface area contributed by atoms with Crippen molar-refractivity contribution >= 4 is 23.8 Å². The summed E-state index contributed by atoms with van der Waals surface area (Å²) in [5.74, 6) is -3.10. The highest BCUT2D eigenvalue weighted by molar-refractivity contribution is 6.09. The molecular weight excluding hydrogens is 345 g/mol. The minimum absolute atomic E-state index is 0.231. The Morgan fingerprint density at radius 2 is 1.92 bits per heavy atom. The number of carbonyl (C=O) groups excluding carboxylic acids is 3. The molecule has 0 spiro atoms. The van der Waals surface area contributed by atoms with Crippen molar-refractivity contribution in [2.45, 2.75) is 38.3 Å². The number of aliphatic carboxylic acids is 1. The number of hydrogen-bond acceptors (Lipinski definition) is 4. The number of urea groups is 1. The van der Waals surface area contributed by atoms with Crippen LogP contribution in [0.1, 0.15) is 32.3 Å². The first-order valence-electron chi connectivity index (χ1n) is 8.11. The molecule has 1 aliphatic rings. The van der Waals surface area contributed by atoms with Crippen LogP contribution < -0.4 is 10.6 Å². The Morgan fingerprint density at radius 3 is 2.46 bits per heavy atom. The van der Waals surface area contributed by atoms with E-state index in [1.54, 1.807) is 6.92 Å². The Kier molecular flexibility index (Phi) is 5.59. The van der Waals surface area contributed by atoms with E-state index in [-0.39, 0.29) is 6.42 Å². The number of hydrogen-bond donors (Lipinski definition) is 3. The van der Waals surface area contributed by atoms with Gasteiger partial charge in [0.05, 0.1) is 0 Å². The van der Waals surface area contributed by atoms with Crippen molar-refractivity contribution in [3.63, 3.8) is 0 Å². The van der Waals surface area contributed by atoms with Gasteiger partial charge in [-0.15, -0.1) is 0 Å². The third-order valence-corrected chi connectivity index (χ3v) is 4.21. The highest BCUT2D eigenvalue weighted by Crippen LogP contribution is 2.28. The molecule has 0 bridgehead atoms. The first kappa shape index (κ1) is 19.4. The van der Waals surface area contributed by atoms with Gasteiger partial charge in [-0.05, 0) is 31.0 Å². The topological polar surface area (TPSA) is 116 Å². The molecule has 3 N–H and O–H groups in total. The Labute approximate surface area is 149 Å². The van der Waals surface area contributed by atoms with Crippen LogP contribution in [0.15, 0.2) is 24.3 Å². The monoisotopic (exact) mass is 365 g/mol. The SMILES string of the molecule is CCCC(NC(=O)CN1C(=O)NC(C)(c2ccc(F)cc2)C1=O)C(=O)O. The van der Waals surface area contributed by atoms with Crippen LogP contribution in [0.25, 0.3) is 0 Å². The highest BCUT2D eigenvalue weighted by atomic mass is 19.1. The van der Waals surface area contributed by atoms with Gasteiger partial charge < -0.3 is 15.7 Å². The molecule has 1 aromatic rings. The van der Waals surface area contributed by atoms with Gasteiger partial charge in [0.25, 0.3) is 5.91 Å². The minimum Gasteiger partial charge on any atom is -0.480 e. The third kappa shape index (κ3) is 3.81. The fraction of sp³-hybridized carbons (Fsp3) is 0.412. The van der Waals surface area contributed by atoms with E-state index in [2.05, 4.69) is 10.6 Å². The molecule has 2 unspecified atom stereocenters. The molecule has 4 amide bonds. The summed E-state index contributed by atoms with van der Waals surface area (Å²) in [6.07, 6.45) is 0.775. The number of carboxylic acids is 1. The van der Waals surface area contributed by atoms with Crippen LogP contribution >= 0.6 is 0 Å². The third-order valence-electron chi connectivity index (χ3n) is 4.21. The predicted octanol–water partition coefficient (Wildman–Crippen LogP) is 0.962. The maximum absolute atomic E-state index is 13.1. The number of carbonyl (C=O) groups is 4. The molecule has 1 fully saturated rings. The average molecular weight is 365 g/mol. The van der Waals surface area contributed by atoms with Crippen LogP contribution in [0.2, 0.25) is 0 Å². The van der Waals surface area contributed by atoms with Crippen molar-refractivity contribution in [3.8, 4) is 0 Å². The zero-order chi connectivity index (χ0) is 19.5. The summed E-state index contributed by atoms with van der Waals surface area (Å²) < 4.78 is 13.1. The summed E-state index contributed by atoms with van der Waals surface area (Å²) in [5.41, 5.74) is -1.06. The maximum atomic E-state index is 13.1. The second-order valence-electron chi connectivity index (χ2n) is 6.20. The van der Waals surface area contributed by atoms with E-state index in [1.165, 1.54) is 19.1 Å². The molecule has 0 aliphatic carbocycles. The number of nitrogens with zero attached hydrogens (tertiary/aromatic N) is 1. The van der Waals surface area contributed by atoms with Crippen LogP contribution in [0.3, 0.4) is 0 Å². The lowest BCUT2D eigenvalue weighted by Gasteiger charge is -2.22. The van der Waals surface area contributed by atoms with Gasteiger partial charge in [0.15, 0.2) is 0 Å². The standard InChI is InChI=1S/C17H20FN3O5/c1-3-4-12(14(23)24)19-13(22)9-21-15(25)17(2,20-16(21)26)10-5-7-11(18)8-6-10/h5-8,12H,3-4,9H2,1-2H3,(H,19,22)(H,20,26)(H,23,24). The lowest BCUT2D eigenvalue weighted by atomic mass is 9.92. The van der Waals surface area contributed by atoms with E-state index in [4.69, 9.17) is 5.11 Å². The van der Waals surface area contributed by atoms with Crippen molar-refractivity contribution in [2.75, 3.05) is 6.54 Å².